The van der Waals surface area contributed by atoms with Gasteiger partial charge in [0.05, 0.1) is 18.3 Å². The van der Waals surface area contributed by atoms with Crippen molar-refractivity contribution in [1.29, 1.82) is 0 Å². The molecule has 0 aromatic rings. The van der Waals surface area contributed by atoms with Gasteiger partial charge in [-0.05, 0) is 32.6 Å². The standard InChI is InChI=1S/C13H25NO3/c1-11(17-12-4-7-15-8-5-12)9-14-10-13-3-2-6-16-13/h11-14H,2-10H2,1H3. The molecule has 2 aliphatic rings. The highest BCUT2D eigenvalue weighted by molar-refractivity contribution is 4.70. The molecule has 2 heterocycles. The van der Waals surface area contributed by atoms with Gasteiger partial charge in [-0.25, -0.2) is 0 Å². The van der Waals surface area contributed by atoms with Gasteiger partial charge in [-0.3, -0.25) is 0 Å². The van der Waals surface area contributed by atoms with Crippen LogP contribution >= 0.6 is 0 Å². The Morgan fingerprint density at radius 3 is 2.76 bits per heavy atom. The van der Waals surface area contributed by atoms with E-state index in [0.717, 1.165) is 45.8 Å². The quantitative estimate of drug-likeness (QED) is 0.764. The Morgan fingerprint density at radius 2 is 2.06 bits per heavy atom. The average Bonchev–Trinajstić information content (AvgIpc) is 2.83. The van der Waals surface area contributed by atoms with Crippen LogP contribution < -0.4 is 5.32 Å². The van der Waals surface area contributed by atoms with Crippen molar-refractivity contribution in [1.82, 2.24) is 5.32 Å². The maximum Gasteiger partial charge on any atom is 0.0700 e. The van der Waals surface area contributed by atoms with E-state index >= 15 is 0 Å². The predicted molar refractivity (Wildman–Crippen MR) is 66.2 cm³/mol. The molecule has 2 unspecified atom stereocenters. The molecule has 4 nitrogen and oxygen atoms in total. The molecule has 2 atom stereocenters. The first-order chi connectivity index (χ1) is 8.34. The Kier molecular flexibility index (Phi) is 5.71. The summed E-state index contributed by atoms with van der Waals surface area (Å²) >= 11 is 0. The lowest BCUT2D eigenvalue weighted by Crippen LogP contribution is -2.36. The monoisotopic (exact) mass is 243 g/mol. The average molecular weight is 243 g/mol. The van der Waals surface area contributed by atoms with E-state index in [1.807, 2.05) is 0 Å². The number of hydrogen-bond donors (Lipinski definition) is 1. The zero-order valence-electron chi connectivity index (χ0n) is 10.8. The third kappa shape index (κ3) is 4.92. The normalized spacial score (nSPS) is 28.4. The van der Waals surface area contributed by atoms with Crippen LogP contribution in [0.2, 0.25) is 0 Å². The van der Waals surface area contributed by atoms with Gasteiger partial charge in [0.25, 0.3) is 0 Å². The second-order valence-corrected chi connectivity index (χ2v) is 5.05. The topological polar surface area (TPSA) is 39.7 Å². The number of nitrogens with one attached hydrogen (secondary N) is 1. The van der Waals surface area contributed by atoms with Crippen LogP contribution in [0.3, 0.4) is 0 Å². The van der Waals surface area contributed by atoms with Gasteiger partial charge in [-0.2, -0.15) is 0 Å². The van der Waals surface area contributed by atoms with Crippen LogP contribution in [0.5, 0.6) is 0 Å². The number of ether oxygens (including phenoxy) is 3. The highest BCUT2D eigenvalue weighted by atomic mass is 16.5. The summed E-state index contributed by atoms with van der Waals surface area (Å²) in [6, 6.07) is 0. The fraction of sp³-hybridized carbons (Fsp3) is 1.00. The summed E-state index contributed by atoms with van der Waals surface area (Å²) in [6.45, 7) is 6.64. The van der Waals surface area contributed by atoms with E-state index in [4.69, 9.17) is 14.2 Å². The number of hydrogen-bond acceptors (Lipinski definition) is 4. The zero-order valence-corrected chi connectivity index (χ0v) is 10.8. The minimum absolute atomic E-state index is 0.277. The van der Waals surface area contributed by atoms with Crippen molar-refractivity contribution in [3.63, 3.8) is 0 Å². The Morgan fingerprint density at radius 1 is 1.24 bits per heavy atom. The molecule has 2 fully saturated rings. The molecule has 0 spiro atoms. The van der Waals surface area contributed by atoms with Gasteiger partial charge in [-0.1, -0.05) is 0 Å². The van der Waals surface area contributed by atoms with Gasteiger partial charge in [0.15, 0.2) is 0 Å². The van der Waals surface area contributed by atoms with E-state index < -0.39 is 0 Å². The van der Waals surface area contributed by atoms with E-state index in [1.165, 1.54) is 12.8 Å². The first-order valence-electron chi connectivity index (χ1n) is 6.90. The molecule has 0 bridgehead atoms. The molecule has 100 valence electrons. The van der Waals surface area contributed by atoms with E-state index in [1.54, 1.807) is 0 Å². The predicted octanol–water partition coefficient (Wildman–Crippen LogP) is 1.34. The third-order valence-electron chi connectivity index (χ3n) is 3.42. The van der Waals surface area contributed by atoms with Crippen LogP contribution in [0.15, 0.2) is 0 Å². The van der Waals surface area contributed by atoms with Gasteiger partial charge < -0.3 is 19.5 Å². The van der Waals surface area contributed by atoms with Crippen molar-refractivity contribution in [3.05, 3.63) is 0 Å². The fourth-order valence-electron chi connectivity index (χ4n) is 2.44. The maximum absolute atomic E-state index is 5.97. The van der Waals surface area contributed by atoms with Crippen LogP contribution in [0.25, 0.3) is 0 Å². The van der Waals surface area contributed by atoms with Crippen molar-refractivity contribution in [2.75, 3.05) is 32.9 Å². The summed E-state index contributed by atoms with van der Waals surface area (Å²) in [5.74, 6) is 0. The summed E-state index contributed by atoms with van der Waals surface area (Å²) in [4.78, 5) is 0. The van der Waals surface area contributed by atoms with Crippen LogP contribution in [-0.2, 0) is 14.2 Å². The van der Waals surface area contributed by atoms with Crippen molar-refractivity contribution >= 4 is 0 Å². The minimum Gasteiger partial charge on any atom is -0.381 e. The van der Waals surface area contributed by atoms with Gasteiger partial charge in [0, 0.05) is 32.9 Å². The van der Waals surface area contributed by atoms with Crippen molar-refractivity contribution < 1.29 is 14.2 Å². The molecule has 17 heavy (non-hydrogen) atoms. The van der Waals surface area contributed by atoms with Gasteiger partial charge in [-0.15, -0.1) is 0 Å². The molecule has 0 radical (unpaired) electrons. The van der Waals surface area contributed by atoms with Gasteiger partial charge in [0.2, 0.25) is 0 Å². The number of rotatable bonds is 6. The Bertz CT molecular complexity index is 201. The molecular formula is C13H25NO3. The van der Waals surface area contributed by atoms with Crippen molar-refractivity contribution in [2.24, 2.45) is 0 Å². The zero-order chi connectivity index (χ0) is 11.9. The van der Waals surface area contributed by atoms with Crippen LogP contribution in [0, 0.1) is 0 Å². The highest BCUT2D eigenvalue weighted by Crippen LogP contribution is 2.13. The van der Waals surface area contributed by atoms with Crippen molar-refractivity contribution in [3.8, 4) is 0 Å². The second kappa shape index (κ2) is 7.31. The SMILES string of the molecule is CC(CNCC1CCCO1)OC1CCOCC1. The lowest BCUT2D eigenvalue weighted by Gasteiger charge is -2.26. The molecule has 0 amide bonds. The van der Waals surface area contributed by atoms with Crippen molar-refractivity contribution in [2.45, 2.75) is 50.9 Å². The molecule has 0 aromatic carbocycles. The fourth-order valence-corrected chi connectivity index (χ4v) is 2.44. The summed E-state index contributed by atoms with van der Waals surface area (Å²) in [7, 11) is 0. The van der Waals surface area contributed by atoms with Crippen LogP contribution in [0.1, 0.15) is 32.6 Å². The van der Waals surface area contributed by atoms with Crippen LogP contribution in [-0.4, -0.2) is 51.2 Å². The second-order valence-electron chi connectivity index (χ2n) is 5.05. The highest BCUT2D eigenvalue weighted by Gasteiger charge is 2.18. The van der Waals surface area contributed by atoms with E-state index in [9.17, 15) is 0 Å². The van der Waals surface area contributed by atoms with E-state index in [-0.39, 0.29) is 6.10 Å². The third-order valence-corrected chi connectivity index (χ3v) is 3.42. The van der Waals surface area contributed by atoms with E-state index in [0.29, 0.717) is 12.2 Å². The minimum atomic E-state index is 0.277. The lowest BCUT2D eigenvalue weighted by atomic mass is 10.1. The van der Waals surface area contributed by atoms with Gasteiger partial charge in [0.1, 0.15) is 0 Å². The summed E-state index contributed by atoms with van der Waals surface area (Å²) < 4.78 is 16.9. The molecule has 1 N–H and O–H groups in total. The summed E-state index contributed by atoms with van der Waals surface area (Å²) in [5.41, 5.74) is 0. The Hall–Kier alpha value is -0.160. The molecule has 2 saturated heterocycles. The largest absolute Gasteiger partial charge is 0.381 e. The van der Waals surface area contributed by atoms with Crippen LogP contribution in [0.4, 0.5) is 0 Å². The van der Waals surface area contributed by atoms with E-state index in [2.05, 4.69) is 12.2 Å². The molecule has 4 heteroatoms. The van der Waals surface area contributed by atoms with Gasteiger partial charge >= 0.3 is 0 Å². The molecule has 2 aliphatic heterocycles. The molecule has 0 aromatic heterocycles. The smallest absolute Gasteiger partial charge is 0.0700 e. The lowest BCUT2D eigenvalue weighted by molar-refractivity contribution is -0.0617. The summed E-state index contributed by atoms with van der Waals surface area (Å²) in [6.07, 6.45) is 5.57. The molecule has 2 rings (SSSR count). The Labute approximate surface area is 104 Å². The maximum atomic E-state index is 5.97. The molecule has 0 aliphatic carbocycles. The first-order valence-corrected chi connectivity index (χ1v) is 6.90. The Balaban J connectivity index is 1.52. The molecule has 0 saturated carbocycles. The molecular weight excluding hydrogens is 218 g/mol. The summed E-state index contributed by atoms with van der Waals surface area (Å²) in [5, 5.41) is 3.44. The first kappa shape index (κ1) is 13.3.